The summed E-state index contributed by atoms with van der Waals surface area (Å²) in [6.07, 6.45) is 0. The molecule has 0 saturated heterocycles. The maximum Gasteiger partial charge on any atom is 0.309 e. The van der Waals surface area contributed by atoms with Gasteiger partial charge in [-0.25, -0.2) is 0 Å². The van der Waals surface area contributed by atoms with Gasteiger partial charge in [-0.1, -0.05) is 59.6 Å². The first-order valence-electron chi connectivity index (χ1n) is 5.56. The number of hydrogen-bond donors (Lipinski definition) is 0. The lowest BCUT2D eigenvalue weighted by Gasteiger charge is -2.13. The Morgan fingerprint density at radius 2 is 1.58 bits per heavy atom. The first kappa shape index (κ1) is 14.0. The molecule has 0 spiro atoms. The van der Waals surface area contributed by atoms with Crippen molar-refractivity contribution in [3.05, 3.63) is 64.1 Å². The standard InChI is InChI=1S/C14H9BCl2O2/c15-12(9-5-2-1-3-6-9)14(18)19-13-10(16)7-4-8-11(13)17/h1-8,12H. The highest BCUT2D eigenvalue weighted by molar-refractivity contribution is 6.37. The van der Waals surface area contributed by atoms with Crippen LogP contribution in [0.5, 0.6) is 5.75 Å². The lowest BCUT2D eigenvalue weighted by Crippen LogP contribution is -2.19. The monoisotopic (exact) mass is 290 g/mol. The largest absolute Gasteiger partial charge is 0.423 e. The second-order valence-electron chi connectivity index (χ2n) is 3.86. The van der Waals surface area contributed by atoms with E-state index in [4.69, 9.17) is 35.8 Å². The number of ether oxygens (including phenoxy) is 1. The van der Waals surface area contributed by atoms with Gasteiger partial charge in [0.25, 0.3) is 0 Å². The number of benzene rings is 2. The molecule has 0 amide bonds. The van der Waals surface area contributed by atoms with Gasteiger partial charge in [-0.05, 0) is 17.7 Å². The minimum Gasteiger partial charge on any atom is -0.423 e. The van der Waals surface area contributed by atoms with E-state index in [1.165, 1.54) is 0 Å². The summed E-state index contributed by atoms with van der Waals surface area (Å²) in [5, 5.41) is 0.530. The van der Waals surface area contributed by atoms with Crippen molar-refractivity contribution in [2.45, 2.75) is 5.82 Å². The second kappa shape index (κ2) is 6.13. The average Bonchev–Trinajstić information content (AvgIpc) is 2.43. The van der Waals surface area contributed by atoms with Crippen LogP contribution in [0.2, 0.25) is 10.0 Å². The quantitative estimate of drug-likeness (QED) is 0.488. The third-order valence-corrected chi connectivity index (χ3v) is 3.13. The van der Waals surface area contributed by atoms with E-state index in [1.807, 2.05) is 6.07 Å². The molecule has 19 heavy (non-hydrogen) atoms. The summed E-state index contributed by atoms with van der Waals surface area (Å²) < 4.78 is 5.16. The van der Waals surface area contributed by atoms with Crippen LogP contribution in [0.3, 0.4) is 0 Å². The summed E-state index contributed by atoms with van der Waals surface area (Å²) in [4.78, 5) is 12.0. The fourth-order valence-electron chi connectivity index (χ4n) is 1.54. The summed E-state index contributed by atoms with van der Waals surface area (Å²) in [6, 6.07) is 13.8. The lowest BCUT2D eigenvalue weighted by molar-refractivity contribution is -0.134. The highest BCUT2D eigenvalue weighted by Gasteiger charge is 2.19. The fourth-order valence-corrected chi connectivity index (χ4v) is 2.02. The molecular weight excluding hydrogens is 282 g/mol. The van der Waals surface area contributed by atoms with Crippen LogP contribution in [0.15, 0.2) is 48.5 Å². The van der Waals surface area contributed by atoms with Gasteiger partial charge < -0.3 is 4.74 Å². The molecule has 5 heteroatoms. The fraction of sp³-hybridized carbons (Fsp3) is 0.0714. The Balaban J connectivity index is 2.18. The van der Waals surface area contributed by atoms with Crippen LogP contribution in [0.25, 0.3) is 0 Å². The molecule has 0 fully saturated rings. The number of para-hydroxylation sites is 1. The van der Waals surface area contributed by atoms with Gasteiger partial charge in [0, 0.05) is 5.82 Å². The van der Waals surface area contributed by atoms with Crippen LogP contribution < -0.4 is 4.74 Å². The topological polar surface area (TPSA) is 26.3 Å². The van der Waals surface area contributed by atoms with Crippen LogP contribution in [0.4, 0.5) is 0 Å². The van der Waals surface area contributed by atoms with Crippen LogP contribution in [0.1, 0.15) is 11.4 Å². The Morgan fingerprint density at radius 1 is 1.00 bits per heavy atom. The predicted molar refractivity (Wildman–Crippen MR) is 77.0 cm³/mol. The average molecular weight is 291 g/mol. The zero-order chi connectivity index (χ0) is 13.8. The van der Waals surface area contributed by atoms with E-state index in [-0.39, 0.29) is 15.8 Å². The highest BCUT2D eigenvalue weighted by atomic mass is 35.5. The number of esters is 1. The third kappa shape index (κ3) is 3.31. The predicted octanol–water partition coefficient (Wildman–Crippen LogP) is 3.81. The molecule has 1 atom stereocenters. The van der Waals surface area contributed by atoms with Crippen molar-refractivity contribution < 1.29 is 9.53 Å². The summed E-state index contributed by atoms with van der Waals surface area (Å²) in [6.45, 7) is 0. The molecule has 0 saturated carbocycles. The Hall–Kier alpha value is -1.45. The molecule has 0 aliphatic carbocycles. The molecule has 2 aromatic rings. The second-order valence-corrected chi connectivity index (χ2v) is 4.67. The van der Waals surface area contributed by atoms with E-state index < -0.39 is 11.8 Å². The first-order valence-corrected chi connectivity index (χ1v) is 6.31. The molecule has 0 heterocycles. The van der Waals surface area contributed by atoms with Gasteiger partial charge in [0.2, 0.25) is 0 Å². The Labute approximate surface area is 122 Å². The van der Waals surface area contributed by atoms with E-state index >= 15 is 0 Å². The van der Waals surface area contributed by atoms with Crippen LogP contribution in [-0.4, -0.2) is 13.8 Å². The van der Waals surface area contributed by atoms with Gasteiger partial charge in [-0.3, -0.25) is 4.79 Å². The summed E-state index contributed by atoms with van der Waals surface area (Å²) in [5.74, 6) is -1.36. The SMILES string of the molecule is [B]C(C(=O)Oc1c(Cl)cccc1Cl)c1ccccc1. The molecule has 0 N–H and O–H groups in total. The van der Waals surface area contributed by atoms with Crippen molar-refractivity contribution in [2.75, 3.05) is 0 Å². The van der Waals surface area contributed by atoms with Crippen LogP contribution >= 0.6 is 23.2 Å². The summed E-state index contributed by atoms with van der Waals surface area (Å²) in [5.41, 5.74) is 0.663. The molecule has 2 rings (SSSR count). The van der Waals surface area contributed by atoms with Gasteiger partial charge in [-0.2, -0.15) is 0 Å². The number of carbonyl (C=O) groups excluding carboxylic acids is 1. The molecule has 1 unspecified atom stereocenters. The van der Waals surface area contributed by atoms with Crippen molar-refractivity contribution in [3.63, 3.8) is 0 Å². The molecule has 2 nitrogen and oxygen atoms in total. The minimum absolute atomic E-state index is 0.127. The van der Waals surface area contributed by atoms with Crippen LogP contribution in [-0.2, 0) is 4.79 Å². The number of rotatable bonds is 3. The van der Waals surface area contributed by atoms with E-state index in [1.54, 1.807) is 42.5 Å². The van der Waals surface area contributed by atoms with Gasteiger partial charge in [0.15, 0.2) is 5.75 Å². The maximum atomic E-state index is 12.0. The Kier molecular flexibility index (Phi) is 4.51. The van der Waals surface area contributed by atoms with Crippen LogP contribution in [0, 0.1) is 0 Å². The molecule has 0 aliphatic rings. The van der Waals surface area contributed by atoms with E-state index in [9.17, 15) is 4.79 Å². The molecule has 94 valence electrons. The summed E-state index contributed by atoms with van der Waals surface area (Å²) in [7, 11) is 5.83. The van der Waals surface area contributed by atoms with Crippen molar-refractivity contribution in [1.29, 1.82) is 0 Å². The maximum absolute atomic E-state index is 12.0. The van der Waals surface area contributed by atoms with E-state index in [0.717, 1.165) is 0 Å². The van der Waals surface area contributed by atoms with E-state index in [2.05, 4.69) is 0 Å². The number of carbonyl (C=O) groups is 1. The zero-order valence-corrected chi connectivity index (χ0v) is 11.4. The van der Waals surface area contributed by atoms with E-state index in [0.29, 0.717) is 5.56 Å². The van der Waals surface area contributed by atoms with Crippen molar-refractivity contribution >= 4 is 37.0 Å². The number of hydrogen-bond acceptors (Lipinski definition) is 2. The van der Waals surface area contributed by atoms with Crippen molar-refractivity contribution in [1.82, 2.24) is 0 Å². The summed E-state index contributed by atoms with van der Waals surface area (Å²) >= 11 is 11.8. The van der Waals surface area contributed by atoms with Gasteiger partial charge in [0.1, 0.15) is 0 Å². The van der Waals surface area contributed by atoms with Gasteiger partial charge >= 0.3 is 5.97 Å². The van der Waals surface area contributed by atoms with Gasteiger partial charge in [0.05, 0.1) is 17.9 Å². The molecule has 0 bridgehead atoms. The van der Waals surface area contributed by atoms with Crippen molar-refractivity contribution in [3.8, 4) is 5.75 Å². The smallest absolute Gasteiger partial charge is 0.309 e. The molecule has 0 aromatic heterocycles. The molecule has 2 radical (unpaired) electrons. The normalized spacial score (nSPS) is 11.9. The molecule has 0 aliphatic heterocycles. The first-order chi connectivity index (χ1) is 9.09. The number of halogens is 2. The minimum atomic E-state index is -0.881. The Bertz CT molecular complexity index is 567. The van der Waals surface area contributed by atoms with Crippen molar-refractivity contribution in [2.24, 2.45) is 0 Å². The molecule has 2 aromatic carbocycles. The van der Waals surface area contributed by atoms with Gasteiger partial charge in [-0.15, -0.1) is 0 Å². The Morgan fingerprint density at radius 3 is 2.16 bits per heavy atom. The third-order valence-electron chi connectivity index (χ3n) is 2.53. The zero-order valence-electron chi connectivity index (χ0n) is 9.85. The highest BCUT2D eigenvalue weighted by Crippen LogP contribution is 2.33. The molecular formula is C14H9BCl2O2. The lowest BCUT2D eigenvalue weighted by atomic mass is 9.81.